The highest BCUT2D eigenvalue weighted by atomic mass is 16.6. The zero-order valence-electron chi connectivity index (χ0n) is 24.7. The molecule has 18 heavy (non-hydrogen) atoms. The minimum Gasteiger partial charge on any atom is -0.449 e. The fourth-order valence-corrected chi connectivity index (χ4v) is 0.645. The van der Waals surface area contributed by atoms with Gasteiger partial charge in [-0.05, 0) is 20.2 Å². The fourth-order valence-electron chi connectivity index (χ4n) is 0.645. The molecule has 0 aromatic carbocycles. The summed E-state index contributed by atoms with van der Waals surface area (Å²) in [6.07, 6.45) is -13.0. The molecule has 0 aromatic heterocycles. The monoisotopic (exact) mass is 275 g/mol. The van der Waals surface area contributed by atoms with E-state index in [1.165, 1.54) is 0 Å². The van der Waals surface area contributed by atoms with E-state index in [9.17, 15) is 9.59 Å². The van der Waals surface area contributed by atoms with Gasteiger partial charge in [0, 0.05) is 25.1 Å². The van der Waals surface area contributed by atoms with Crippen molar-refractivity contribution >= 4 is 12.2 Å². The lowest BCUT2D eigenvalue weighted by Crippen LogP contribution is -2.37. The number of primary amides is 1. The van der Waals surface area contributed by atoms with Gasteiger partial charge in [-0.1, -0.05) is 20.1 Å². The summed E-state index contributed by atoms with van der Waals surface area (Å²) in [5.74, 6) is 0. The zero-order valence-corrected chi connectivity index (χ0v) is 9.71. The molecule has 0 radical (unpaired) electrons. The van der Waals surface area contributed by atoms with Crippen molar-refractivity contribution in [2.45, 2.75) is 46.3 Å². The van der Waals surface area contributed by atoms with Crippen molar-refractivity contribution in [3.63, 3.8) is 0 Å². The highest BCUT2D eigenvalue weighted by Gasteiger charge is 2.27. The van der Waals surface area contributed by atoms with Gasteiger partial charge >= 0.3 is 12.2 Å². The number of amides is 2. The van der Waals surface area contributed by atoms with Crippen molar-refractivity contribution in [1.29, 1.82) is 0 Å². The van der Waals surface area contributed by atoms with Crippen LogP contribution in [0.5, 0.6) is 0 Å². The Kier molecular flexibility index (Phi) is 1.85. The van der Waals surface area contributed by atoms with Gasteiger partial charge < -0.3 is 20.5 Å². The third kappa shape index (κ3) is 7.76. The number of nitrogens with one attached hydrogen (secondary N) is 1. The maximum atomic E-state index is 12.1. The maximum Gasteiger partial charge on any atom is 0.407 e. The summed E-state index contributed by atoms with van der Waals surface area (Å²) in [4.78, 5) is 23.4. The SMILES string of the molecule is [2H]C(C)(C)NC(=O)OC([2H])([2H])C(C([2H])([2H])[2H])(C([2H])([2H])OC(N)=O)C([2H])([2H])C([2H])([2H])C([2H])([2H])[2H]. The van der Waals surface area contributed by atoms with E-state index >= 15 is 0 Å². The van der Waals surface area contributed by atoms with Gasteiger partial charge in [-0.15, -0.1) is 0 Å². The Morgan fingerprint density at radius 2 is 2.17 bits per heavy atom. The van der Waals surface area contributed by atoms with Crippen molar-refractivity contribution in [2.24, 2.45) is 11.1 Å². The second kappa shape index (κ2) is 7.79. The molecule has 0 saturated heterocycles. The molecular weight excluding hydrogens is 236 g/mol. The van der Waals surface area contributed by atoms with Crippen LogP contribution in [-0.4, -0.2) is 31.3 Å². The van der Waals surface area contributed by atoms with E-state index in [0.717, 1.165) is 13.8 Å². The van der Waals surface area contributed by atoms with E-state index in [4.69, 9.17) is 26.3 Å². The first-order chi connectivity index (χ1) is 14.0. The number of alkyl carbamates (subject to hydrolysis) is 1. The van der Waals surface area contributed by atoms with Crippen LogP contribution in [0.2, 0.25) is 0 Å². The van der Waals surface area contributed by atoms with E-state index in [-0.39, 0.29) is 0 Å². The van der Waals surface area contributed by atoms with Crippen LogP contribution >= 0.6 is 0 Å². The first kappa shape index (κ1) is 4.28. The molecule has 0 fully saturated rings. The average molecular weight is 275 g/mol. The topological polar surface area (TPSA) is 90.7 Å². The lowest BCUT2D eigenvalue weighted by molar-refractivity contribution is 0.0333. The first-order valence-electron chi connectivity index (χ1n) is 12.0. The van der Waals surface area contributed by atoms with Crippen molar-refractivity contribution in [2.75, 3.05) is 13.1 Å². The molecule has 6 heteroatoms. The van der Waals surface area contributed by atoms with Gasteiger partial charge in [-0.25, -0.2) is 9.59 Å². The Balaban J connectivity index is 7.57. The fraction of sp³-hybridized carbons (Fsp3) is 0.833. The summed E-state index contributed by atoms with van der Waals surface area (Å²) >= 11 is 0. The Hall–Kier alpha value is -1.46. The summed E-state index contributed by atoms with van der Waals surface area (Å²) < 4.78 is 125. The lowest BCUT2D eigenvalue weighted by Gasteiger charge is -2.27. The van der Waals surface area contributed by atoms with Crippen LogP contribution in [0.3, 0.4) is 0 Å². The second-order valence-corrected chi connectivity index (χ2v) is 3.14. The molecule has 0 aliphatic heterocycles. The molecule has 0 aliphatic rings. The number of nitrogens with two attached hydrogens (primary N) is 1. The van der Waals surface area contributed by atoms with Gasteiger partial charge in [0.1, 0.15) is 13.1 Å². The molecule has 3 N–H and O–H groups in total. The largest absolute Gasteiger partial charge is 0.449 e. The van der Waals surface area contributed by atoms with Crippen LogP contribution < -0.4 is 11.1 Å². The molecule has 106 valence electrons. The van der Waals surface area contributed by atoms with Crippen LogP contribution in [0.4, 0.5) is 9.59 Å². The van der Waals surface area contributed by atoms with Crippen LogP contribution in [0, 0.1) is 5.41 Å². The molecule has 0 rings (SSSR count). The number of hydrogen-bond donors (Lipinski definition) is 2. The Bertz CT molecular complexity index is 755. The van der Waals surface area contributed by atoms with Gasteiger partial charge in [0.05, 0.1) is 6.85 Å². The summed E-state index contributed by atoms with van der Waals surface area (Å²) in [5.41, 5.74) is 0.00701. The van der Waals surface area contributed by atoms with Crippen molar-refractivity contribution in [3.8, 4) is 0 Å². The summed E-state index contributed by atoms with van der Waals surface area (Å²) in [5, 5.41) is 1.71. The third-order valence-corrected chi connectivity index (χ3v) is 1.20. The predicted molar refractivity (Wildman–Crippen MR) is 68.2 cm³/mol. The van der Waals surface area contributed by atoms with E-state index in [2.05, 4.69) is 9.47 Å². The molecular formula is C12H24N2O4. The van der Waals surface area contributed by atoms with Crippen molar-refractivity contribution in [3.05, 3.63) is 0 Å². The molecule has 0 aliphatic carbocycles. The highest BCUT2D eigenvalue weighted by molar-refractivity contribution is 5.67. The highest BCUT2D eigenvalue weighted by Crippen LogP contribution is 2.24. The number of carbonyl (C=O) groups is 2. The maximum absolute atomic E-state index is 12.1. The van der Waals surface area contributed by atoms with Gasteiger partial charge in [0.25, 0.3) is 0 Å². The predicted octanol–water partition coefficient (Wildman–Crippen LogP) is 2.02. The lowest BCUT2D eigenvalue weighted by atomic mass is 9.87. The molecule has 6 nitrogen and oxygen atoms in total. The number of carbonyl (C=O) groups excluding carboxylic acids is 2. The molecule has 0 bridgehead atoms. The van der Waals surface area contributed by atoms with Crippen molar-refractivity contribution in [1.82, 2.24) is 5.32 Å². The van der Waals surface area contributed by atoms with Crippen LogP contribution in [0.25, 0.3) is 0 Å². The third-order valence-electron chi connectivity index (χ3n) is 1.20. The molecule has 1 unspecified atom stereocenters. The molecule has 2 amide bonds. The van der Waals surface area contributed by atoms with Gasteiger partial charge in [-0.2, -0.15) is 0 Å². The van der Waals surface area contributed by atoms with Crippen LogP contribution in [0.15, 0.2) is 0 Å². The molecule has 0 saturated carbocycles. The summed E-state index contributed by atoms with van der Waals surface area (Å²) in [7, 11) is 0. The number of ether oxygens (including phenoxy) is 2. The minimum atomic E-state index is -4.70. The van der Waals surface area contributed by atoms with Crippen LogP contribution in [-0.2, 0) is 9.47 Å². The molecule has 0 heterocycles. The zero-order chi connectivity index (χ0) is 27.3. The Morgan fingerprint density at radius 1 is 1.50 bits per heavy atom. The van der Waals surface area contributed by atoms with Crippen LogP contribution in [0.1, 0.15) is 60.9 Å². The molecule has 1 atom stereocenters. The minimum absolute atomic E-state index is 1.06. The summed E-state index contributed by atoms with van der Waals surface area (Å²) in [6, 6.07) is -1.87. The first-order valence-corrected chi connectivity index (χ1v) is 4.51. The van der Waals surface area contributed by atoms with E-state index in [1.807, 2.05) is 0 Å². The van der Waals surface area contributed by atoms with E-state index < -0.39 is 63.2 Å². The second-order valence-electron chi connectivity index (χ2n) is 3.14. The van der Waals surface area contributed by atoms with Crippen molar-refractivity contribution < 1.29 is 39.6 Å². The van der Waals surface area contributed by atoms with E-state index in [0.29, 0.717) is 0 Å². The number of hydrogen-bond acceptors (Lipinski definition) is 4. The van der Waals surface area contributed by atoms with Gasteiger partial charge in [-0.3, -0.25) is 0 Å². The van der Waals surface area contributed by atoms with Gasteiger partial charge in [0.15, 0.2) is 0 Å². The van der Waals surface area contributed by atoms with Gasteiger partial charge in [0.2, 0.25) is 0 Å². The summed E-state index contributed by atoms with van der Waals surface area (Å²) in [6.45, 7) is -15.2. The normalized spacial score (nSPS) is 31.3. The standard InChI is InChI=1S/C12H24N2O4/c1-5-6-12(4,7-17-10(13)15)8-18-11(16)14-9(2)3/h9H,5-8H2,1-4H3,(H2,13,15)(H,14,16)/i1D3,4D3,5D2,6D2,7D2,8D2,9D. The molecule has 0 aromatic rings. The smallest absolute Gasteiger partial charge is 0.407 e. The van der Waals surface area contributed by atoms with E-state index in [1.54, 1.807) is 5.32 Å². The average Bonchev–Trinajstić information content (AvgIpc) is 2.37. The number of rotatable bonds is 7. The quantitative estimate of drug-likeness (QED) is 0.743. The molecule has 0 spiro atoms. The Morgan fingerprint density at radius 3 is 2.67 bits per heavy atom. The Labute approximate surface area is 129 Å².